The van der Waals surface area contributed by atoms with Crippen LogP contribution in [0, 0.1) is 12.7 Å². The molecule has 0 unspecified atom stereocenters. The SMILES string of the molecule is COC(=O)c1cc([C@@H]2C[C@H](CCCN[C@H](C)c3ccc(F)c4ccccc34)Oc3ccccc32)ccc1C. The normalized spacial score (nSPS) is 17.5. The van der Waals surface area contributed by atoms with Crippen molar-refractivity contribution in [1.82, 2.24) is 5.32 Å². The number of halogens is 1. The van der Waals surface area contributed by atoms with Crippen LogP contribution in [0.1, 0.15) is 70.8 Å². The highest BCUT2D eigenvalue weighted by Crippen LogP contribution is 2.41. The number of carbonyl (C=O) groups excluding carboxylic acids is 1. The molecule has 3 atom stereocenters. The van der Waals surface area contributed by atoms with E-state index in [1.807, 2.05) is 67.6 Å². The van der Waals surface area contributed by atoms with Crippen molar-refractivity contribution in [3.8, 4) is 5.75 Å². The van der Waals surface area contributed by atoms with Crippen molar-refractivity contribution in [2.75, 3.05) is 13.7 Å². The highest BCUT2D eigenvalue weighted by Gasteiger charge is 2.29. The van der Waals surface area contributed by atoms with Gasteiger partial charge in [-0.15, -0.1) is 0 Å². The van der Waals surface area contributed by atoms with Gasteiger partial charge in [0.05, 0.1) is 18.8 Å². The Balaban J connectivity index is 1.26. The van der Waals surface area contributed by atoms with Crippen molar-refractivity contribution in [1.29, 1.82) is 0 Å². The van der Waals surface area contributed by atoms with Crippen LogP contribution in [-0.4, -0.2) is 25.7 Å². The number of esters is 1. The minimum Gasteiger partial charge on any atom is -0.490 e. The molecule has 0 saturated heterocycles. The fourth-order valence-electron chi connectivity index (χ4n) is 5.59. The molecule has 1 aliphatic rings. The van der Waals surface area contributed by atoms with Crippen molar-refractivity contribution >= 4 is 16.7 Å². The molecule has 0 fully saturated rings. The first-order valence-corrected chi connectivity index (χ1v) is 13.3. The molecular formula is C33H34FNO3. The van der Waals surface area contributed by atoms with Crippen molar-refractivity contribution in [3.63, 3.8) is 0 Å². The molecule has 1 N–H and O–H groups in total. The van der Waals surface area contributed by atoms with Crippen LogP contribution in [0.15, 0.2) is 78.9 Å². The number of carbonyl (C=O) groups is 1. The molecule has 196 valence electrons. The Morgan fingerprint density at radius 3 is 2.63 bits per heavy atom. The summed E-state index contributed by atoms with van der Waals surface area (Å²) in [4.78, 5) is 12.3. The molecule has 38 heavy (non-hydrogen) atoms. The molecule has 0 radical (unpaired) electrons. The number of aryl methyl sites for hydroxylation is 1. The molecule has 1 aliphatic heterocycles. The van der Waals surface area contributed by atoms with E-state index in [1.165, 1.54) is 7.11 Å². The van der Waals surface area contributed by atoms with E-state index in [0.29, 0.717) is 10.9 Å². The van der Waals surface area contributed by atoms with E-state index in [4.69, 9.17) is 9.47 Å². The van der Waals surface area contributed by atoms with Crippen molar-refractivity contribution in [2.24, 2.45) is 0 Å². The fourth-order valence-corrected chi connectivity index (χ4v) is 5.59. The van der Waals surface area contributed by atoms with Crippen LogP contribution >= 0.6 is 0 Å². The zero-order valence-electron chi connectivity index (χ0n) is 22.2. The number of para-hydroxylation sites is 1. The Kier molecular flexibility index (Phi) is 7.75. The highest BCUT2D eigenvalue weighted by molar-refractivity contribution is 5.91. The molecule has 5 rings (SSSR count). The van der Waals surface area contributed by atoms with Gasteiger partial charge in [-0.3, -0.25) is 0 Å². The molecule has 0 spiro atoms. The molecule has 4 aromatic rings. The van der Waals surface area contributed by atoms with Gasteiger partial charge in [-0.2, -0.15) is 0 Å². The predicted octanol–water partition coefficient (Wildman–Crippen LogP) is 7.49. The van der Waals surface area contributed by atoms with E-state index in [0.717, 1.165) is 59.2 Å². The molecule has 0 aromatic heterocycles. The fraction of sp³-hybridized carbons (Fsp3) is 0.303. The predicted molar refractivity (Wildman–Crippen MR) is 149 cm³/mol. The molecule has 1 heterocycles. The zero-order chi connectivity index (χ0) is 26.6. The summed E-state index contributed by atoms with van der Waals surface area (Å²) in [6.45, 7) is 4.88. The van der Waals surface area contributed by atoms with Crippen LogP contribution in [-0.2, 0) is 4.74 Å². The topological polar surface area (TPSA) is 47.6 Å². The quantitative estimate of drug-likeness (QED) is 0.197. The lowest BCUT2D eigenvalue weighted by Crippen LogP contribution is -2.28. The van der Waals surface area contributed by atoms with Crippen molar-refractivity contribution in [3.05, 3.63) is 112 Å². The molecule has 4 aromatic carbocycles. The van der Waals surface area contributed by atoms with Crippen molar-refractivity contribution in [2.45, 2.75) is 51.2 Å². The summed E-state index contributed by atoms with van der Waals surface area (Å²) in [6.07, 6.45) is 2.77. The Morgan fingerprint density at radius 2 is 1.82 bits per heavy atom. The number of hydrogen-bond donors (Lipinski definition) is 1. The van der Waals surface area contributed by atoms with Crippen LogP contribution < -0.4 is 10.1 Å². The van der Waals surface area contributed by atoms with Crippen LogP contribution in [0.5, 0.6) is 5.75 Å². The molecule has 0 aliphatic carbocycles. The van der Waals surface area contributed by atoms with Gasteiger partial charge in [-0.25, -0.2) is 9.18 Å². The van der Waals surface area contributed by atoms with Gasteiger partial charge in [0.25, 0.3) is 0 Å². The number of fused-ring (bicyclic) bond motifs is 2. The highest BCUT2D eigenvalue weighted by atomic mass is 19.1. The maximum absolute atomic E-state index is 14.2. The standard InChI is InChI=1S/C33H34FNO3/c1-21-14-15-23(19-29(21)33(36)37-3)30-20-24(38-32-13-7-6-12-28(30)32)9-8-18-35-22(2)25-16-17-31(34)27-11-5-4-10-26(25)27/h4-7,10-17,19,22,24,30,35H,8-9,18,20H2,1-3H3/t22-,24+,30+/m1/s1. The van der Waals surface area contributed by atoms with Gasteiger partial charge in [-0.1, -0.05) is 60.7 Å². The van der Waals surface area contributed by atoms with Gasteiger partial charge in [0.1, 0.15) is 11.6 Å². The molecule has 0 bridgehead atoms. The lowest BCUT2D eigenvalue weighted by Gasteiger charge is -2.33. The second-order valence-corrected chi connectivity index (χ2v) is 10.1. The number of rotatable bonds is 8. The Hall–Kier alpha value is -3.70. The van der Waals surface area contributed by atoms with E-state index in [1.54, 1.807) is 6.07 Å². The molecule has 5 heteroatoms. The maximum Gasteiger partial charge on any atom is 0.338 e. The minimum absolute atomic E-state index is 0.0709. The third kappa shape index (κ3) is 5.30. The lowest BCUT2D eigenvalue weighted by atomic mass is 9.82. The summed E-state index contributed by atoms with van der Waals surface area (Å²) in [7, 11) is 1.42. The molecule has 0 saturated carbocycles. The molecule has 0 amide bonds. The number of hydrogen-bond acceptors (Lipinski definition) is 4. The number of benzene rings is 4. The summed E-state index contributed by atoms with van der Waals surface area (Å²) in [5.74, 6) is 0.558. The average Bonchev–Trinajstić information content (AvgIpc) is 2.95. The van der Waals surface area contributed by atoms with Crippen LogP contribution in [0.2, 0.25) is 0 Å². The van der Waals surface area contributed by atoms with Gasteiger partial charge >= 0.3 is 5.97 Å². The Labute approximate surface area is 223 Å². The average molecular weight is 512 g/mol. The molecule has 4 nitrogen and oxygen atoms in total. The van der Waals surface area contributed by atoms with Crippen LogP contribution in [0.4, 0.5) is 4.39 Å². The first kappa shape index (κ1) is 25.9. The largest absolute Gasteiger partial charge is 0.490 e. The second kappa shape index (κ2) is 11.4. The first-order chi connectivity index (χ1) is 18.5. The van der Waals surface area contributed by atoms with E-state index >= 15 is 0 Å². The third-order valence-corrected chi connectivity index (χ3v) is 7.68. The van der Waals surface area contributed by atoms with Gasteiger partial charge in [0.2, 0.25) is 0 Å². The Morgan fingerprint density at radius 1 is 1.05 bits per heavy atom. The molecular weight excluding hydrogens is 477 g/mol. The number of nitrogens with one attached hydrogen (secondary N) is 1. The smallest absolute Gasteiger partial charge is 0.338 e. The van der Waals surface area contributed by atoms with Gasteiger partial charge in [0.15, 0.2) is 0 Å². The van der Waals surface area contributed by atoms with Gasteiger partial charge in [0, 0.05) is 22.9 Å². The summed E-state index contributed by atoms with van der Waals surface area (Å²) in [6, 6.07) is 25.4. The summed E-state index contributed by atoms with van der Waals surface area (Å²) < 4.78 is 25.7. The summed E-state index contributed by atoms with van der Waals surface area (Å²) in [5, 5.41) is 5.22. The third-order valence-electron chi connectivity index (χ3n) is 7.68. The van der Waals surface area contributed by atoms with Gasteiger partial charge in [-0.05, 0) is 79.9 Å². The van der Waals surface area contributed by atoms with E-state index in [9.17, 15) is 9.18 Å². The maximum atomic E-state index is 14.2. The van der Waals surface area contributed by atoms with E-state index < -0.39 is 0 Å². The summed E-state index contributed by atoms with van der Waals surface area (Å²) >= 11 is 0. The zero-order valence-corrected chi connectivity index (χ0v) is 22.2. The van der Waals surface area contributed by atoms with Crippen LogP contribution in [0.25, 0.3) is 10.8 Å². The van der Waals surface area contributed by atoms with Gasteiger partial charge < -0.3 is 14.8 Å². The van der Waals surface area contributed by atoms with Crippen LogP contribution in [0.3, 0.4) is 0 Å². The summed E-state index contributed by atoms with van der Waals surface area (Å²) in [5.41, 5.74) is 4.87. The number of ether oxygens (including phenoxy) is 2. The number of methoxy groups -OCH3 is 1. The second-order valence-electron chi connectivity index (χ2n) is 10.1. The van der Waals surface area contributed by atoms with Crippen molar-refractivity contribution < 1.29 is 18.7 Å². The first-order valence-electron chi connectivity index (χ1n) is 13.3. The Bertz CT molecular complexity index is 1450. The van der Waals surface area contributed by atoms with E-state index in [2.05, 4.69) is 24.4 Å². The minimum atomic E-state index is -0.310. The monoisotopic (exact) mass is 511 g/mol. The lowest BCUT2D eigenvalue weighted by molar-refractivity contribution is 0.0599. The van der Waals surface area contributed by atoms with E-state index in [-0.39, 0.29) is 29.9 Å².